The van der Waals surface area contributed by atoms with Crippen molar-refractivity contribution in [3.63, 3.8) is 0 Å². The molecule has 2 atom stereocenters. The Kier molecular flexibility index (Phi) is 7.00. The molecule has 0 bridgehead atoms. The third-order valence-electron chi connectivity index (χ3n) is 4.94. The maximum absolute atomic E-state index is 4.51. The molecule has 0 spiro atoms. The Morgan fingerprint density at radius 3 is 2.92 bits per heavy atom. The van der Waals surface area contributed by atoms with Crippen molar-refractivity contribution in [2.75, 3.05) is 13.3 Å². The molecule has 26 heavy (non-hydrogen) atoms. The van der Waals surface area contributed by atoms with Gasteiger partial charge in [-0.05, 0) is 31.1 Å². The van der Waals surface area contributed by atoms with Crippen molar-refractivity contribution >= 4 is 17.7 Å². The topological polar surface area (TPSA) is 54.2 Å². The van der Waals surface area contributed by atoms with Crippen molar-refractivity contribution in [1.29, 1.82) is 0 Å². The van der Waals surface area contributed by atoms with Gasteiger partial charge in [0, 0.05) is 37.3 Å². The molecule has 0 amide bonds. The van der Waals surface area contributed by atoms with Crippen LogP contribution in [0, 0.1) is 0 Å². The summed E-state index contributed by atoms with van der Waals surface area (Å²) in [5.74, 6) is 1.88. The number of rotatable bonds is 6. The Hall–Kier alpha value is -1.95. The number of imidazole rings is 1. The highest BCUT2D eigenvalue weighted by Crippen LogP contribution is 2.26. The molecule has 1 aliphatic rings. The lowest BCUT2D eigenvalue weighted by atomic mass is 9.95. The van der Waals surface area contributed by atoms with E-state index in [2.05, 4.69) is 55.7 Å². The normalized spacial score (nSPS) is 20.8. The molecule has 1 aliphatic carbocycles. The largest absolute Gasteiger partial charge is 0.354 e. The molecule has 0 saturated heterocycles. The van der Waals surface area contributed by atoms with Gasteiger partial charge in [0.25, 0.3) is 0 Å². The van der Waals surface area contributed by atoms with Crippen LogP contribution in [0.25, 0.3) is 0 Å². The highest BCUT2D eigenvalue weighted by atomic mass is 32.2. The van der Waals surface area contributed by atoms with Gasteiger partial charge in [0.1, 0.15) is 5.82 Å². The highest BCUT2D eigenvalue weighted by Gasteiger charge is 2.21. The fraction of sp³-hybridized carbons (Fsp3) is 0.500. The first-order valence-electron chi connectivity index (χ1n) is 9.32. The van der Waals surface area contributed by atoms with Crippen LogP contribution < -0.4 is 10.6 Å². The van der Waals surface area contributed by atoms with Crippen LogP contribution in [0.3, 0.4) is 0 Å². The van der Waals surface area contributed by atoms with Crippen molar-refractivity contribution in [2.24, 2.45) is 4.99 Å². The van der Waals surface area contributed by atoms with Gasteiger partial charge in [-0.1, -0.05) is 36.8 Å². The number of aliphatic imine (C=N–C) groups is 1. The summed E-state index contributed by atoms with van der Waals surface area (Å²) in [4.78, 5) is 8.90. The SMILES string of the molecule is CN=C(NCc1nccn1Cc1ccccc1)NC1CCCC(SC)C1. The Labute approximate surface area is 160 Å². The zero-order valence-electron chi connectivity index (χ0n) is 15.7. The van der Waals surface area contributed by atoms with Crippen LogP contribution >= 0.6 is 11.8 Å². The summed E-state index contributed by atoms with van der Waals surface area (Å²) in [7, 11) is 1.83. The third-order valence-corrected chi connectivity index (χ3v) is 6.03. The van der Waals surface area contributed by atoms with E-state index in [9.17, 15) is 0 Å². The van der Waals surface area contributed by atoms with Gasteiger partial charge in [-0.2, -0.15) is 11.8 Å². The van der Waals surface area contributed by atoms with E-state index in [0.717, 1.165) is 23.6 Å². The lowest BCUT2D eigenvalue weighted by Crippen LogP contribution is -2.45. The third kappa shape index (κ3) is 5.27. The fourth-order valence-corrected chi connectivity index (χ4v) is 4.30. The van der Waals surface area contributed by atoms with Crippen LogP contribution in [0.1, 0.15) is 37.1 Å². The predicted molar refractivity (Wildman–Crippen MR) is 111 cm³/mol. The van der Waals surface area contributed by atoms with E-state index in [1.807, 2.05) is 37.3 Å². The van der Waals surface area contributed by atoms with Crippen molar-refractivity contribution in [3.8, 4) is 0 Å². The second kappa shape index (κ2) is 9.67. The van der Waals surface area contributed by atoms with Gasteiger partial charge in [0.2, 0.25) is 0 Å². The number of hydrogen-bond donors (Lipinski definition) is 2. The number of nitrogens with zero attached hydrogens (tertiary/aromatic N) is 3. The molecule has 1 saturated carbocycles. The van der Waals surface area contributed by atoms with Gasteiger partial charge in [-0.25, -0.2) is 4.98 Å². The summed E-state index contributed by atoms with van der Waals surface area (Å²) in [6, 6.07) is 11.0. The van der Waals surface area contributed by atoms with Crippen LogP contribution in [0.5, 0.6) is 0 Å². The van der Waals surface area contributed by atoms with Crippen LogP contribution in [0.15, 0.2) is 47.7 Å². The van der Waals surface area contributed by atoms with Gasteiger partial charge in [-0.15, -0.1) is 0 Å². The van der Waals surface area contributed by atoms with E-state index in [-0.39, 0.29) is 0 Å². The molecule has 6 heteroatoms. The molecule has 1 aromatic carbocycles. The lowest BCUT2D eigenvalue weighted by molar-refractivity contribution is 0.419. The average Bonchev–Trinajstić information content (AvgIpc) is 3.13. The standard InChI is InChI=1S/C20H29N5S/c1-21-20(24-17-9-6-10-18(13-17)26-2)23-14-19-22-11-12-25(19)15-16-7-4-3-5-8-16/h3-5,7-8,11-12,17-18H,6,9-10,13-15H2,1-2H3,(H2,21,23,24). The fourth-order valence-electron chi connectivity index (χ4n) is 3.47. The number of benzene rings is 1. The minimum Gasteiger partial charge on any atom is -0.354 e. The minimum atomic E-state index is 0.511. The molecule has 2 aromatic rings. The molecular weight excluding hydrogens is 342 g/mol. The van der Waals surface area contributed by atoms with E-state index in [1.165, 1.54) is 31.2 Å². The molecule has 1 aromatic heterocycles. The summed E-state index contributed by atoms with van der Waals surface area (Å²) in [5.41, 5.74) is 1.28. The summed E-state index contributed by atoms with van der Waals surface area (Å²) in [6.45, 7) is 1.50. The quantitative estimate of drug-likeness (QED) is 0.604. The van der Waals surface area contributed by atoms with Crippen LogP contribution in [-0.2, 0) is 13.1 Å². The Balaban J connectivity index is 1.54. The molecule has 1 heterocycles. The van der Waals surface area contributed by atoms with E-state index in [0.29, 0.717) is 12.6 Å². The van der Waals surface area contributed by atoms with Gasteiger partial charge in [0.15, 0.2) is 5.96 Å². The van der Waals surface area contributed by atoms with Gasteiger partial charge in [0.05, 0.1) is 6.54 Å². The number of nitrogens with one attached hydrogen (secondary N) is 2. The number of guanidine groups is 1. The van der Waals surface area contributed by atoms with Crippen molar-refractivity contribution < 1.29 is 0 Å². The molecule has 0 aliphatic heterocycles. The smallest absolute Gasteiger partial charge is 0.191 e. The molecule has 2 unspecified atom stereocenters. The zero-order valence-corrected chi connectivity index (χ0v) is 16.5. The highest BCUT2D eigenvalue weighted by molar-refractivity contribution is 7.99. The first-order chi connectivity index (χ1) is 12.8. The first-order valence-corrected chi connectivity index (χ1v) is 10.6. The number of aromatic nitrogens is 2. The van der Waals surface area contributed by atoms with Crippen molar-refractivity contribution in [1.82, 2.24) is 20.2 Å². The maximum atomic E-state index is 4.51. The molecular formula is C20H29N5S. The Bertz CT molecular complexity index is 697. The van der Waals surface area contributed by atoms with Gasteiger partial charge >= 0.3 is 0 Å². The molecule has 5 nitrogen and oxygen atoms in total. The molecule has 2 N–H and O–H groups in total. The van der Waals surface area contributed by atoms with Crippen LogP contribution in [-0.4, -0.2) is 40.1 Å². The summed E-state index contributed by atoms with van der Waals surface area (Å²) in [6.07, 6.45) is 11.2. The summed E-state index contributed by atoms with van der Waals surface area (Å²) in [5, 5.41) is 7.78. The van der Waals surface area contributed by atoms with E-state index < -0.39 is 0 Å². The van der Waals surface area contributed by atoms with Gasteiger partial charge in [-0.3, -0.25) is 4.99 Å². The van der Waals surface area contributed by atoms with Crippen LogP contribution in [0.2, 0.25) is 0 Å². The van der Waals surface area contributed by atoms with E-state index >= 15 is 0 Å². The Morgan fingerprint density at radius 1 is 1.31 bits per heavy atom. The molecule has 3 rings (SSSR count). The van der Waals surface area contributed by atoms with E-state index in [4.69, 9.17) is 0 Å². The molecule has 0 radical (unpaired) electrons. The number of hydrogen-bond acceptors (Lipinski definition) is 3. The second-order valence-corrected chi connectivity index (χ2v) is 7.89. The van der Waals surface area contributed by atoms with Gasteiger partial charge < -0.3 is 15.2 Å². The average molecular weight is 372 g/mol. The lowest BCUT2D eigenvalue weighted by Gasteiger charge is -2.29. The summed E-state index contributed by atoms with van der Waals surface area (Å²) < 4.78 is 2.18. The van der Waals surface area contributed by atoms with Crippen molar-refractivity contribution in [2.45, 2.75) is 50.1 Å². The second-order valence-electron chi connectivity index (χ2n) is 6.75. The first kappa shape index (κ1) is 18.8. The summed E-state index contributed by atoms with van der Waals surface area (Å²) >= 11 is 1.98. The number of thioether (sulfide) groups is 1. The van der Waals surface area contributed by atoms with E-state index in [1.54, 1.807) is 0 Å². The maximum Gasteiger partial charge on any atom is 0.191 e. The van der Waals surface area contributed by atoms with Crippen molar-refractivity contribution in [3.05, 3.63) is 54.1 Å². The monoisotopic (exact) mass is 371 g/mol. The molecule has 140 valence electrons. The minimum absolute atomic E-state index is 0.511. The zero-order chi connectivity index (χ0) is 18.2. The van der Waals surface area contributed by atoms with Crippen LogP contribution in [0.4, 0.5) is 0 Å². The Morgan fingerprint density at radius 2 is 2.15 bits per heavy atom. The predicted octanol–water partition coefficient (Wildman–Crippen LogP) is 3.27. The molecule has 1 fully saturated rings.